The SMILES string of the molecule is Cc1ccc(N2C(=O)C[C@@H](Nc3cccc(C)c3C)C2=O)cc1C. The van der Waals surface area contributed by atoms with Crippen molar-refractivity contribution in [1.29, 1.82) is 0 Å². The lowest BCUT2D eigenvalue weighted by molar-refractivity contribution is -0.121. The van der Waals surface area contributed by atoms with Crippen molar-refractivity contribution in [3.8, 4) is 0 Å². The number of hydrogen-bond acceptors (Lipinski definition) is 3. The molecule has 0 aromatic heterocycles. The lowest BCUT2D eigenvalue weighted by Crippen LogP contribution is -2.35. The minimum atomic E-state index is -0.514. The molecular weight excluding hydrogens is 300 g/mol. The van der Waals surface area contributed by atoms with E-state index in [4.69, 9.17) is 0 Å². The zero-order chi connectivity index (χ0) is 17.4. The zero-order valence-electron chi connectivity index (χ0n) is 14.5. The van der Waals surface area contributed by atoms with Crippen LogP contribution in [0.2, 0.25) is 0 Å². The zero-order valence-corrected chi connectivity index (χ0v) is 14.5. The Labute approximate surface area is 142 Å². The Hall–Kier alpha value is -2.62. The van der Waals surface area contributed by atoms with Gasteiger partial charge in [-0.25, -0.2) is 4.90 Å². The maximum atomic E-state index is 12.8. The molecule has 1 fully saturated rings. The molecule has 0 unspecified atom stereocenters. The number of nitrogens with zero attached hydrogens (tertiary/aromatic N) is 1. The third kappa shape index (κ3) is 2.80. The fourth-order valence-corrected chi connectivity index (χ4v) is 2.98. The molecule has 1 aliphatic heterocycles. The first-order valence-electron chi connectivity index (χ1n) is 8.15. The van der Waals surface area contributed by atoms with Gasteiger partial charge < -0.3 is 5.32 Å². The Morgan fingerprint density at radius 3 is 2.42 bits per heavy atom. The highest BCUT2D eigenvalue weighted by molar-refractivity contribution is 6.23. The van der Waals surface area contributed by atoms with E-state index in [2.05, 4.69) is 5.32 Å². The smallest absolute Gasteiger partial charge is 0.256 e. The van der Waals surface area contributed by atoms with Crippen LogP contribution in [0.15, 0.2) is 36.4 Å². The van der Waals surface area contributed by atoms with Crippen LogP contribution in [-0.4, -0.2) is 17.9 Å². The Morgan fingerprint density at radius 1 is 0.958 bits per heavy atom. The monoisotopic (exact) mass is 322 g/mol. The Morgan fingerprint density at radius 2 is 1.71 bits per heavy atom. The number of carbonyl (C=O) groups excluding carboxylic acids is 2. The summed E-state index contributed by atoms with van der Waals surface area (Å²) in [5, 5.41) is 3.24. The highest BCUT2D eigenvalue weighted by Crippen LogP contribution is 2.28. The van der Waals surface area contributed by atoms with Gasteiger partial charge in [0.25, 0.3) is 5.91 Å². The molecule has 2 aromatic carbocycles. The fourth-order valence-electron chi connectivity index (χ4n) is 2.98. The van der Waals surface area contributed by atoms with E-state index in [1.54, 1.807) is 0 Å². The number of carbonyl (C=O) groups is 2. The second-order valence-corrected chi connectivity index (χ2v) is 6.48. The summed E-state index contributed by atoms with van der Waals surface area (Å²) in [6.45, 7) is 8.04. The number of hydrogen-bond donors (Lipinski definition) is 1. The normalized spacial score (nSPS) is 17.5. The number of rotatable bonds is 3. The lowest BCUT2D eigenvalue weighted by Gasteiger charge is -2.18. The molecule has 0 aliphatic carbocycles. The van der Waals surface area contributed by atoms with Gasteiger partial charge in [-0.15, -0.1) is 0 Å². The van der Waals surface area contributed by atoms with Crippen molar-refractivity contribution in [3.63, 3.8) is 0 Å². The van der Waals surface area contributed by atoms with Crippen molar-refractivity contribution in [1.82, 2.24) is 0 Å². The van der Waals surface area contributed by atoms with Crippen molar-refractivity contribution in [3.05, 3.63) is 58.7 Å². The van der Waals surface area contributed by atoms with E-state index in [0.29, 0.717) is 5.69 Å². The van der Waals surface area contributed by atoms with Crippen LogP contribution in [0.5, 0.6) is 0 Å². The Bertz CT molecular complexity index is 826. The van der Waals surface area contributed by atoms with Crippen molar-refractivity contribution >= 4 is 23.2 Å². The largest absolute Gasteiger partial charge is 0.373 e. The number of nitrogens with one attached hydrogen (secondary N) is 1. The molecule has 0 bridgehead atoms. The standard InChI is InChI=1S/C20H22N2O2/c1-12-8-9-16(10-14(12)3)22-19(23)11-18(20(22)24)21-17-7-5-6-13(2)15(17)4/h5-10,18,21H,11H2,1-4H3/t18-/m1/s1. The van der Waals surface area contributed by atoms with E-state index >= 15 is 0 Å². The van der Waals surface area contributed by atoms with Gasteiger partial charge in [-0.05, 0) is 68.1 Å². The molecule has 1 N–H and O–H groups in total. The first kappa shape index (κ1) is 16.2. The number of amides is 2. The summed E-state index contributed by atoms with van der Waals surface area (Å²) in [6.07, 6.45) is 0.180. The third-order valence-corrected chi connectivity index (χ3v) is 4.83. The first-order chi connectivity index (χ1) is 11.4. The summed E-state index contributed by atoms with van der Waals surface area (Å²) in [6, 6.07) is 11.1. The highest BCUT2D eigenvalue weighted by atomic mass is 16.2. The van der Waals surface area contributed by atoms with Gasteiger partial charge >= 0.3 is 0 Å². The van der Waals surface area contributed by atoms with Crippen molar-refractivity contribution in [2.75, 3.05) is 10.2 Å². The van der Waals surface area contributed by atoms with Gasteiger partial charge in [0.05, 0.1) is 12.1 Å². The van der Waals surface area contributed by atoms with Gasteiger partial charge in [0.2, 0.25) is 5.91 Å². The van der Waals surface area contributed by atoms with Crippen LogP contribution in [0.1, 0.15) is 28.7 Å². The van der Waals surface area contributed by atoms with Crippen LogP contribution in [0, 0.1) is 27.7 Å². The van der Waals surface area contributed by atoms with Gasteiger partial charge in [-0.2, -0.15) is 0 Å². The third-order valence-electron chi connectivity index (χ3n) is 4.83. The van der Waals surface area contributed by atoms with Crippen LogP contribution < -0.4 is 10.2 Å². The Kier molecular flexibility index (Phi) is 4.14. The van der Waals surface area contributed by atoms with E-state index in [9.17, 15) is 9.59 Å². The molecule has 1 aliphatic rings. The topological polar surface area (TPSA) is 49.4 Å². The second-order valence-electron chi connectivity index (χ2n) is 6.48. The molecule has 4 heteroatoms. The summed E-state index contributed by atoms with van der Waals surface area (Å²) in [4.78, 5) is 26.5. The Balaban J connectivity index is 1.86. The van der Waals surface area contributed by atoms with E-state index in [1.807, 2.05) is 64.1 Å². The van der Waals surface area contributed by atoms with Crippen LogP contribution in [-0.2, 0) is 9.59 Å². The molecule has 0 radical (unpaired) electrons. The molecule has 124 valence electrons. The van der Waals surface area contributed by atoms with Crippen LogP contribution >= 0.6 is 0 Å². The maximum Gasteiger partial charge on any atom is 0.256 e. The second kappa shape index (κ2) is 6.11. The van der Waals surface area contributed by atoms with E-state index < -0.39 is 6.04 Å². The maximum absolute atomic E-state index is 12.8. The fraction of sp³-hybridized carbons (Fsp3) is 0.300. The average Bonchev–Trinajstić information content (AvgIpc) is 2.81. The highest BCUT2D eigenvalue weighted by Gasteiger charge is 2.39. The number of aryl methyl sites for hydroxylation is 3. The molecule has 1 saturated heterocycles. The summed E-state index contributed by atoms with van der Waals surface area (Å²) in [5.41, 5.74) is 6.02. The quantitative estimate of drug-likeness (QED) is 0.877. The molecule has 1 atom stereocenters. The van der Waals surface area contributed by atoms with Gasteiger partial charge in [0.1, 0.15) is 6.04 Å². The predicted octanol–water partition coefficient (Wildman–Crippen LogP) is 3.66. The molecule has 24 heavy (non-hydrogen) atoms. The number of imide groups is 1. The van der Waals surface area contributed by atoms with Crippen LogP contribution in [0.4, 0.5) is 11.4 Å². The van der Waals surface area contributed by atoms with Crippen molar-refractivity contribution < 1.29 is 9.59 Å². The van der Waals surface area contributed by atoms with Crippen molar-refractivity contribution in [2.45, 2.75) is 40.2 Å². The summed E-state index contributed by atoms with van der Waals surface area (Å²) >= 11 is 0. The van der Waals surface area contributed by atoms with E-state index in [0.717, 1.165) is 27.9 Å². The summed E-state index contributed by atoms with van der Waals surface area (Å²) < 4.78 is 0. The number of benzene rings is 2. The summed E-state index contributed by atoms with van der Waals surface area (Å²) in [5.74, 6) is -0.352. The van der Waals surface area contributed by atoms with Gasteiger partial charge in [-0.3, -0.25) is 9.59 Å². The number of anilines is 2. The molecule has 2 amide bonds. The first-order valence-corrected chi connectivity index (χ1v) is 8.15. The van der Waals surface area contributed by atoms with Gasteiger partial charge in [0, 0.05) is 5.69 Å². The van der Waals surface area contributed by atoms with Gasteiger partial charge in [-0.1, -0.05) is 18.2 Å². The average molecular weight is 322 g/mol. The molecule has 0 saturated carbocycles. The van der Waals surface area contributed by atoms with E-state index in [-0.39, 0.29) is 18.2 Å². The van der Waals surface area contributed by atoms with Crippen molar-refractivity contribution in [2.24, 2.45) is 0 Å². The molecular formula is C20H22N2O2. The molecule has 4 nitrogen and oxygen atoms in total. The minimum Gasteiger partial charge on any atom is -0.373 e. The van der Waals surface area contributed by atoms with Crippen LogP contribution in [0.25, 0.3) is 0 Å². The molecule has 3 rings (SSSR count). The molecule has 1 heterocycles. The van der Waals surface area contributed by atoms with Crippen LogP contribution in [0.3, 0.4) is 0 Å². The lowest BCUT2D eigenvalue weighted by atomic mass is 10.1. The van der Waals surface area contributed by atoms with Gasteiger partial charge in [0.15, 0.2) is 0 Å². The molecule has 0 spiro atoms. The molecule has 2 aromatic rings. The predicted molar refractivity (Wildman–Crippen MR) is 96.4 cm³/mol. The summed E-state index contributed by atoms with van der Waals surface area (Å²) in [7, 11) is 0. The van der Waals surface area contributed by atoms with E-state index in [1.165, 1.54) is 4.90 Å². The minimum absolute atomic E-state index is 0.161.